The molecule has 0 spiro atoms. The Morgan fingerprint density at radius 2 is 1.96 bits per heavy atom. The molecule has 3 aromatic rings. The van der Waals surface area contributed by atoms with E-state index in [0.717, 1.165) is 21.0 Å². The highest BCUT2D eigenvalue weighted by atomic mass is 32.2. The summed E-state index contributed by atoms with van der Waals surface area (Å²) in [6, 6.07) is 9.51. The number of para-hydroxylation sites is 1. The molecule has 0 saturated heterocycles. The van der Waals surface area contributed by atoms with Crippen LogP contribution in [0.3, 0.4) is 0 Å². The lowest BCUT2D eigenvalue weighted by atomic mass is 10.2. The van der Waals surface area contributed by atoms with Gasteiger partial charge in [0.25, 0.3) is 5.56 Å². The van der Waals surface area contributed by atoms with Gasteiger partial charge in [-0.1, -0.05) is 30.0 Å². The van der Waals surface area contributed by atoms with Crippen LogP contribution >= 0.6 is 23.1 Å². The van der Waals surface area contributed by atoms with Gasteiger partial charge in [-0.15, -0.1) is 11.3 Å². The number of carbonyl (C=O) groups excluding carboxylic acids is 1. The second kappa shape index (κ2) is 7.63. The number of thiophene rings is 1. The van der Waals surface area contributed by atoms with Crippen molar-refractivity contribution in [1.29, 1.82) is 0 Å². The molecule has 1 amide bonds. The topological polar surface area (TPSA) is 64.0 Å². The molecule has 0 atom stereocenters. The van der Waals surface area contributed by atoms with E-state index >= 15 is 0 Å². The second-order valence-corrected chi connectivity index (χ2v) is 8.49. The number of aryl methyl sites for hydroxylation is 2. The van der Waals surface area contributed by atoms with Crippen LogP contribution in [0.4, 0.5) is 0 Å². The zero-order chi connectivity index (χ0) is 18.8. The summed E-state index contributed by atoms with van der Waals surface area (Å²) in [6.07, 6.45) is 0. The summed E-state index contributed by atoms with van der Waals surface area (Å²) in [4.78, 5) is 31.8. The third kappa shape index (κ3) is 3.68. The number of thioether (sulfide) groups is 1. The first kappa shape index (κ1) is 18.7. The van der Waals surface area contributed by atoms with Crippen LogP contribution in [-0.4, -0.2) is 27.3 Å². The summed E-state index contributed by atoms with van der Waals surface area (Å²) in [5.74, 6) is 0.143. The molecule has 26 heavy (non-hydrogen) atoms. The van der Waals surface area contributed by atoms with E-state index in [2.05, 4.69) is 5.32 Å². The first-order valence-corrected chi connectivity index (χ1v) is 10.2. The van der Waals surface area contributed by atoms with Gasteiger partial charge in [0.05, 0.1) is 16.8 Å². The van der Waals surface area contributed by atoms with Gasteiger partial charge in [0, 0.05) is 10.9 Å². The van der Waals surface area contributed by atoms with E-state index in [1.54, 1.807) is 4.57 Å². The molecule has 0 aliphatic rings. The quantitative estimate of drug-likeness (QED) is 0.536. The molecule has 0 radical (unpaired) electrons. The van der Waals surface area contributed by atoms with Crippen LogP contribution in [-0.2, 0) is 4.79 Å². The molecule has 1 aromatic carbocycles. The average molecular weight is 388 g/mol. The minimum absolute atomic E-state index is 0.0718. The molecule has 5 nitrogen and oxygen atoms in total. The molecule has 2 heterocycles. The van der Waals surface area contributed by atoms with E-state index in [9.17, 15) is 9.59 Å². The molecule has 0 aliphatic heterocycles. The fraction of sp³-hybridized carbons (Fsp3) is 0.316. The first-order chi connectivity index (χ1) is 12.4. The molecule has 0 bridgehead atoms. The van der Waals surface area contributed by atoms with Gasteiger partial charge in [-0.3, -0.25) is 14.2 Å². The van der Waals surface area contributed by atoms with Crippen molar-refractivity contribution in [3.8, 4) is 5.69 Å². The predicted molar refractivity (Wildman–Crippen MR) is 109 cm³/mol. The third-order valence-electron chi connectivity index (χ3n) is 3.97. The Bertz CT molecular complexity index is 1010. The summed E-state index contributed by atoms with van der Waals surface area (Å²) >= 11 is 2.80. The fourth-order valence-electron chi connectivity index (χ4n) is 2.67. The Balaban J connectivity index is 2.11. The molecular weight excluding hydrogens is 366 g/mol. The number of nitrogens with one attached hydrogen (secondary N) is 1. The minimum atomic E-state index is -0.0881. The molecule has 0 aliphatic carbocycles. The van der Waals surface area contributed by atoms with E-state index in [1.807, 2.05) is 58.0 Å². The number of benzene rings is 1. The Morgan fingerprint density at radius 1 is 1.27 bits per heavy atom. The highest BCUT2D eigenvalue weighted by Gasteiger charge is 2.18. The van der Waals surface area contributed by atoms with Crippen molar-refractivity contribution in [1.82, 2.24) is 14.9 Å². The molecule has 0 saturated carbocycles. The molecular formula is C19H21N3O2S2. The summed E-state index contributed by atoms with van der Waals surface area (Å²) < 4.78 is 1.61. The van der Waals surface area contributed by atoms with Crippen LogP contribution in [0.1, 0.15) is 24.3 Å². The third-order valence-corrected chi connectivity index (χ3v) is 6.01. The predicted octanol–water partition coefficient (Wildman–Crippen LogP) is 3.68. The lowest BCUT2D eigenvalue weighted by Crippen LogP contribution is -2.32. The Labute approximate surface area is 160 Å². The molecule has 7 heteroatoms. The number of carbonyl (C=O) groups is 1. The minimum Gasteiger partial charge on any atom is -0.353 e. The van der Waals surface area contributed by atoms with Gasteiger partial charge in [-0.2, -0.15) is 0 Å². The van der Waals surface area contributed by atoms with Crippen molar-refractivity contribution in [3.05, 3.63) is 51.1 Å². The van der Waals surface area contributed by atoms with Crippen LogP contribution in [0.15, 0.2) is 40.3 Å². The van der Waals surface area contributed by atoms with Gasteiger partial charge < -0.3 is 5.32 Å². The summed E-state index contributed by atoms with van der Waals surface area (Å²) in [5, 5.41) is 4.06. The number of fused-ring (bicyclic) bond motifs is 1. The second-order valence-electron chi connectivity index (χ2n) is 6.34. The van der Waals surface area contributed by atoms with Crippen LogP contribution in [0.2, 0.25) is 0 Å². The van der Waals surface area contributed by atoms with E-state index in [1.165, 1.54) is 23.1 Å². The standard InChI is InChI=1S/C19H21N3O2S2/c1-11(2)20-15(23)10-25-19-21-17-16(12(3)13(4)26-17)18(24)22(19)14-8-6-5-7-9-14/h5-9,11H,10H2,1-4H3,(H,20,23). The average Bonchev–Trinajstić information content (AvgIpc) is 2.87. The molecule has 0 fully saturated rings. The van der Waals surface area contributed by atoms with Crippen LogP contribution in [0.5, 0.6) is 0 Å². The zero-order valence-electron chi connectivity index (χ0n) is 15.2. The summed E-state index contributed by atoms with van der Waals surface area (Å²) in [7, 11) is 0. The number of hydrogen-bond donors (Lipinski definition) is 1. The maximum Gasteiger partial charge on any atom is 0.267 e. The number of rotatable bonds is 5. The van der Waals surface area contributed by atoms with Gasteiger partial charge in [0.2, 0.25) is 5.91 Å². The van der Waals surface area contributed by atoms with Gasteiger partial charge in [-0.05, 0) is 45.4 Å². The summed E-state index contributed by atoms with van der Waals surface area (Å²) in [5.41, 5.74) is 1.64. The first-order valence-electron chi connectivity index (χ1n) is 8.38. The molecule has 1 N–H and O–H groups in total. The lowest BCUT2D eigenvalue weighted by molar-refractivity contribution is -0.119. The molecule has 0 unspecified atom stereocenters. The van der Waals surface area contributed by atoms with Crippen molar-refractivity contribution in [2.45, 2.75) is 38.9 Å². The maximum absolute atomic E-state index is 13.2. The van der Waals surface area contributed by atoms with Gasteiger partial charge in [0.15, 0.2) is 5.16 Å². The van der Waals surface area contributed by atoms with Crippen molar-refractivity contribution in [2.24, 2.45) is 0 Å². The van der Waals surface area contributed by atoms with Crippen molar-refractivity contribution >= 4 is 39.2 Å². The van der Waals surface area contributed by atoms with Crippen molar-refractivity contribution < 1.29 is 4.79 Å². The SMILES string of the molecule is Cc1sc2nc(SCC(=O)NC(C)C)n(-c3ccccc3)c(=O)c2c1C. The Kier molecular flexibility index (Phi) is 5.48. The van der Waals surface area contributed by atoms with Crippen LogP contribution < -0.4 is 10.9 Å². The number of hydrogen-bond acceptors (Lipinski definition) is 5. The molecule has 3 rings (SSSR count). The van der Waals surface area contributed by atoms with E-state index in [-0.39, 0.29) is 23.3 Å². The van der Waals surface area contributed by atoms with E-state index < -0.39 is 0 Å². The smallest absolute Gasteiger partial charge is 0.267 e. The highest BCUT2D eigenvalue weighted by molar-refractivity contribution is 7.99. The van der Waals surface area contributed by atoms with Crippen LogP contribution in [0, 0.1) is 13.8 Å². The van der Waals surface area contributed by atoms with Gasteiger partial charge >= 0.3 is 0 Å². The fourth-order valence-corrected chi connectivity index (χ4v) is 4.56. The number of amides is 1. The number of aromatic nitrogens is 2. The van der Waals surface area contributed by atoms with Gasteiger partial charge in [0.1, 0.15) is 4.83 Å². The highest BCUT2D eigenvalue weighted by Crippen LogP contribution is 2.29. The summed E-state index contributed by atoms with van der Waals surface area (Å²) in [6.45, 7) is 7.79. The van der Waals surface area contributed by atoms with E-state index in [4.69, 9.17) is 4.98 Å². The van der Waals surface area contributed by atoms with Crippen molar-refractivity contribution in [2.75, 3.05) is 5.75 Å². The molecule has 136 valence electrons. The number of nitrogens with zero attached hydrogens (tertiary/aromatic N) is 2. The largest absolute Gasteiger partial charge is 0.353 e. The van der Waals surface area contributed by atoms with Gasteiger partial charge in [-0.25, -0.2) is 4.98 Å². The lowest BCUT2D eigenvalue weighted by Gasteiger charge is -2.13. The normalized spacial score (nSPS) is 11.3. The monoisotopic (exact) mass is 387 g/mol. The molecule has 2 aromatic heterocycles. The Hall–Kier alpha value is -2.12. The zero-order valence-corrected chi connectivity index (χ0v) is 16.8. The Morgan fingerprint density at radius 3 is 2.62 bits per heavy atom. The van der Waals surface area contributed by atoms with Crippen LogP contribution in [0.25, 0.3) is 15.9 Å². The van der Waals surface area contributed by atoms with Crippen molar-refractivity contribution in [3.63, 3.8) is 0 Å². The maximum atomic E-state index is 13.2. The van der Waals surface area contributed by atoms with E-state index in [0.29, 0.717) is 10.5 Å².